The molecular weight excluding hydrogens is 170 g/mol. The molecule has 0 saturated carbocycles. The first-order chi connectivity index (χ1) is 6.22. The molecular formula is C5H6B2N4O2. The molecule has 2 N–H and O–H groups in total. The minimum Gasteiger partial charge on any atom is -0.374 e. The normalized spacial score (nSPS) is 10.5. The number of hydrogen-bond acceptors (Lipinski definition) is 3. The van der Waals surface area contributed by atoms with Gasteiger partial charge in [-0.05, 0) is 0 Å². The van der Waals surface area contributed by atoms with Crippen molar-refractivity contribution in [1.29, 1.82) is 0 Å². The number of hydrogen-bond donors (Lipinski definition) is 2. The molecule has 13 heavy (non-hydrogen) atoms. The van der Waals surface area contributed by atoms with Crippen LogP contribution in [0.25, 0.3) is 11.2 Å². The topological polar surface area (TPSA) is 83.5 Å². The molecule has 0 aliphatic heterocycles. The van der Waals surface area contributed by atoms with Gasteiger partial charge in [-0.3, -0.25) is 14.8 Å². The Balaban J connectivity index is 2.98. The predicted molar refractivity (Wildman–Crippen MR) is 52.1 cm³/mol. The molecule has 0 unspecified atom stereocenters. The first kappa shape index (κ1) is 7.90. The molecule has 2 aromatic rings. The van der Waals surface area contributed by atoms with Crippen molar-refractivity contribution in [2.75, 3.05) is 0 Å². The Morgan fingerprint density at radius 1 is 1.46 bits per heavy atom. The molecule has 0 aliphatic carbocycles. The predicted octanol–water partition coefficient (Wildman–Crippen LogP) is -2.84. The van der Waals surface area contributed by atoms with Gasteiger partial charge in [-0.25, -0.2) is 9.78 Å². The van der Waals surface area contributed by atoms with Crippen molar-refractivity contribution in [2.24, 2.45) is 0 Å². The van der Waals surface area contributed by atoms with E-state index in [2.05, 4.69) is 15.0 Å². The van der Waals surface area contributed by atoms with E-state index in [1.807, 2.05) is 7.74 Å². The lowest BCUT2D eigenvalue weighted by Crippen LogP contribution is -2.23. The van der Waals surface area contributed by atoms with Crippen molar-refractivity contribution in [2.45, 2.75) is 0 Å². The van der Waals surface area contributed by atoms with Gasteiger partial charge in [-0.2, -0.15) is 0 Å². The standard InChI is InChI=1S/C5H6B2N4O2/c6-7-11-1-8-2-3(11)9-5(13)10-4(2)12/h1,7H,6H2,(H2,9,10,12,13). The van der Waals surface area contributed by atoms with Crippen LogP contribution in [0.3, 0.4) is 0 Å². The molecule has 2 heterocycles. The molecule has 0 bridgehead atoms. The number of rotatable bonds is 1. The number of H-pyrrole nitrogens is 2. The second-order valence-corrected chi connectivity index (χ2v) is 2.64. The van der Waals surface area contributed by atoms with E-state index in [4.69, 9.17) is 0 Å². The van der Waals surface area contributed by atoms with Crippen LogP contribution in [0, 0.1) is 0 Å². The third-order valence-electron chi connectivity index (χ3n) is 1.85. The minimum absolute atomic E-state index is 0.265. The number of fused-ring (bicyclic) bond motifs is 1. The zero-order valence-corrected chi connectivity index (χ0v) is 7.00. The van der Waals surface area contributed by atoms with Gasteiger partial charge in [0.15, 0.2) is 5.52 Å². The van der Waals surface area contributed by atoms with E-state index in [1.165, 1.54) is 6.33 Å². The van der Waals surface area contributed by atoms with E-state index in [-0.39, 0.29) is 5.52 Å². The summed E-state index contributed by atoms with van der Waals surface area (Å²) in [4.78, 5) is 30.6. The highest BCUT2D eigenvalue weighted by atomic mass is 16.2. The monoisotopic (exact) mass is 176 g/mol. The van der Waals surface area contributed by atoms with Gasteiger partial charge in [0, 0.05) is 0 Å². The molecule has 0 aliphatic rings. The smallest absolute Gasteiger partial charge is 0.327 e. The second-order valence-electron chi connectivity index (χ2n) is 2.64. The summed E-state index contributed by atoms with van der Waals surface area (Å²) in [5, 5.41) is 0. The third-order valence-corrected chi connectivity index (χ3v) is 1.85. The van der Waals surface area contributed by atoms with Crippen molar-refractivity contribution < 1.29 is 0 Å². The van der Waals surface area contributed by atoms with Gasteiger partial charge in [0.25, 0.3) is 5.56 Å². The maximum absolute atomic E-state index is 11.2. The number of aromatic nitrogens is 4. The van der Waals surface area contributed by atoms with Gasteiger partial charge >= 0.3 is 5.69 Å². The van der Waals surface area contributed by atoms with E-state index in [0.29, 0.717) is 13.0 Å². The van der Waals surface area contributed by atoms with Crippen molar-refractivity contribution in [1.82, 2.24) is 19.4 Å². The molecule has 0 saturated heterocycles. The molecule has 0 radical (unpaired) electrons. The van der Waals surface area contributed by atoms with Crippen molar-refractivity contribution in [3.05, 3.63) is 27.2 Å². The summed E-state index contributed by atoms with van der Waals surface area (Å²) >= 11 is 0. The Kier molecular flexibility index (Phi) is 1.61. The molecule has 0 spiro atoms. The molecule has 0 atom stereocenters. The Morgan fingerprint density at radius 2 is 2.23 bits per heavy atom. The molecule has 0 amide bonds. The molecule has 2 rings (SSSR count). The highest BCUT2D eigenvalue weighted by Gasteiger charge is 2.05. The summed E-state index contributed by atoms with van der Waals surface area (Å²) in [6.07, 6.45) is 1.52. The lowest BCUT2D eigenvalue weighted by atomic mass is 9.67. The minimum atomic E-state index is -0.507. The fourth-order valence-electron chi connectivity index (χ4n) is 1.22. The van der Waals surface area contributed by atoms with E-state index in [1.54, 1.807) is 4.48 Å². The average molecular weight is 176 g/mol. The highest BCUT2D eigenvalue weighted by Crippen LogP contribution is 1.98. The molecule has 6 nitrogen and oxygen atoms in total. The molecule has 64 valence electrons. The molecule has 0 fully saturated rings. The second kappa shape index (κ2) is 2.65. The van der Waals surface area contributed by atoms with Crippen LogP contribution in [-0.2, 0) is 0 Å². The summed E-state index contributed by atoms with van der Waals surface area (Å²) in [5.74, 6) is 0. The van der Waals surface area contributed by atoms with Crippen molar-refractivity contribution >= 4 is 26.2 Å². The summed E-state index contributed by atoms with van der Waals surface area (Å²) in [7, 11) is 2.57. The zero-order chi connectivity index (χ0) is 9.42. The lowest BCUT2D eigenvalue weighted by molar-refractivity contribution is 1.06. The van der Waals surface area contributed by atoms with Crippen LogP contribution in [-0.4, -0.2) is 34.5 Å². The average Bonchev–Trinajstić information content (AvgIpc) is 2.47. The first-order valence-electron chi connectivity index (χ1n) is 3.90. The quantitative estimate of drug-likeness (QED) is 0.458. The summed E-state index contributed by atoms with van der Waals surface area (Å²) in [6, 6.07) is 0. The number of nitrogens with one attached hydrogen (secondary N) is 2. The molecule has 0 aromatic carbocycles. The fourth-order valence-corrected chi connectivity index (χ4v) is 1.22. The van der Waals surface area contributed by atoms with Crippen molar-refractivity contribution in [3.63, 3.8) is 0 Å². The van der Waals surface area contributed by atoms with E-state index in [0.717, 1.165) is 0 Å². The van der Waals surface area contributed by atoms with Gasteiger partial charge in [0.05, 0.1) is 14.1 Å². The van der Waals surface area contributed by atoms with Gasteiger partial charge in [0.2, 0.25) is 7.31 Å². The Labute approximate surface area is 73.7 Å². The Hall–Kier alpha value is -1.72. The van der Waals surface area contributed by atoms with Gasteiger partial charge in [0.1, 0.15) is 5.65 Å². The van der Waals surface area contributed by atoms with Crippen LogP contribution in [0.5, 0.6) is 0 Å². The number of nitrogens with zero attached hydrogens (tertiary/aromatic N) is 2. The Bertz CT molecular complexity index is 553. The van der Waals surface area contributed by atoms with Crippen LogP contribution in [0.1, 0.15) is 0 Å². The molecule has 2 aromatic heterocycles. The summed E-state index contributed by atoms with van der Waals surface area (Å²) in [5.41, 5.74) is -0.226. The zero-order valence-electron chi connectivity index (χ0n) is 7.00. The maximum atomic E-state index is 11.2. The third kappa shape index (κ3) is 1.10. The van der Waals surface area contributed by atoms with Crippen LogP contribution >= 0.6 is 0 Å². The van der Waals surface area contributed by atoms with Crippen LogP contribution in [0.2, 0.25) is 0 Å². The SMILES string of the molecule is BBn1cnc2c(=O)[nH]c(=O)[nH]c21. The van der Waals surface area contributed by atoms with Crippen LogP contribution in [0.4, 0.5) is 0 Å². The van der Waals surface area contributed by atoms with Crippen molar-refractivity contribution in [3.8, 4) is 0 Å². The lowest BCUT2D eigenvalue weighted by Gasteiger charge is -1.95. The highest BCUT2D eigenvalue weighted by molar-refractivity contribution is 6.88. The fraction of sp³-hybridized carbons (Fsp3) is 0. The van der Waals surface area contributed by atoms with E-state index >= 15 is 0 Å². The number of imidazole rings is 1. The largest absolute Gasteiger partial charge is 0.374 e. The Morgan fingerprint density at radius 3 is 2.92 bits per heavy atom. The van der Waals surface area contributed by atoms with Gasteiger partial charge in [-0.1, -0.05) is 0 Å². The number of aromatic amines is 2. The maximum Gasteiger partial charge on any atom is 0.327 e. The van der Waals surface area contributed by atoms with Crippen LogP contribution in [0.15, 0.2) is 15.9 Å². The summed E-state index contributed by atoms with van der Waals surface area (Å²) < 4.78 is 1.70. The van der Waals surface area contributed by atoms with Gasteiger partial charge in [-0.15, -0.1) is 0 Å². The summed E-state index contributed by atoms with van der Waals surface area (Å²) in [6.45, 7) is 0. The molecule has 8 heteroatoms. The van der Waals surface area contributed by atoms with Gasteiger partial charge < -0.3 is 4.48 Å². The van der Waals surface area contributed by atoms with E-state index in [9.17, 15) is 9.59 Å². The first-order valence-corrected chi connectivity index (χ1v) is 3.90. The van der Waals surface area contributed by atoms with Crippen LogP contribution < -0.4 is 11.2 Å². The van der Waals surface area contributed by atoms with E-state index < -0.39 is 11.2 Å².